The Morgan fingerprint density at radius 3 is 2.59 bits per heavy atom. The highest BCUT2D eigenvalue weighted by Gasteiger charge is 2.46. The monoisotopic (exact) mass is 309 g/mol. The number of halogens is 4. The van der Waals surface area contributed by atoms with Gasteiger partial charge in [0.25, 0.3) is 0 Å². The molecule has 2 rings (SSSR count). The molecule has 1 aliphatic heterocycles. The standard InChI is InChI=1S/C11H11BrF3NO/c12-9-1-2-10(17)7(3-9)4-16-5-8(6-16)11(13,14)15/h1-3,8,17H,4-6H2. The normalized spacial score (nSPS) is 18.1. The van der Waals surface area contributed by atoms with Gasteiger partial charge in [0.15, 0.2) is 0 Å². The summed E-state index contributed by atoms with van der Waals surface area (Å²) in [6.45, 7) is 0.364. The van der Waals surface area contributed by atoms with Crippen molar-refractivity contribution >= 4 is 15.9 Å². The lowest BCUT2D eigenvalue weighted by atomic mass is 9.98. The molecule has 0 saturated carbocycles. The molecule has 0 atom stereocenters. The number of rotatable bonds is 2. The Bertz CT molecular complexity index is 416. The number of aromatic hydroxyl groups is 1. The van der Waals surface area contributed by atoms with Gasteiger partial charge < -0.3 is 5.11 Å². The van der Waals surface area contributed by atoms with E-state index in [-0.39, 0.29) is 18.8 Å². The van der Waals surface area contributed by atoms with E-state index in [0.717, 1.165) is 4.47 Å². The summed E-state index contributed by atoms with van der Waals surface area (Å²) in [6.07, 6.45) is -4.10. The smallest absolute Gasteiger partial charge is 0.394 e. The minimum Gasteiger partial charge on any atom is -0.508 e. The van der Waals surface area contributed by atoms with E-state index >= 15 is 0 Å². The maximum absolute atomic E-state index is 12.3. The molecular weight excluding hydrogens is 299 g/mol. The number of phenols is 1. The fourth-order valence-electron chi connectivity index (χ4n) is 1.83. The van der Waals surface area contributed by atoms with Crippen LogP contribution in [0.2, 0.25) is 0 Å². The molecular formula is C11H11BrF3NO. The topological polar surface area (TPSA) is 23.5 Å². The highest BCUT2D eigenvalue weighted by atomic mass is 79.9. The molecule has 0 spiro atoms. The zero-order valence-electron chi connectivity index (χ0n) is 8.84. The quantitative estimate of drug-likeness (QED) is 0.907. The fourth-order valence-corrected chi connectivity index (χ4v) is 2.24. The van der Waals surface area contributed by atoms with Crippen molar-refractivity contribution in [2.45, 2.75) is 12.7 Å². The molecule has 0 aliphatic carbocycles. The third kappa shape index (κ3) is 2.93. The molecule has 0 bridgehead atoms. The van der Waals surface area contributed by atoms with E-state index in [9.17, 15) is 18.3 Å². The van der Waals surface area contributed by atoms with Gasteiger partial charge in [-0.2, -0.15) is 13.2 Å². The largest absolute Gasteiger partial charge is 0.508 e. The molecule has 1 aromatic carbocycles. The number of likely N-dealkylation sites (tertiary alicyclic amines) is 1. The summed E-state index contributed by atoms with van der Waals surface area (Å²) in [5.74, 6) is -1.11. The molecule has 0 radical (unpaired) electrons. The zero-order chi connectivity index (χ0) is 12.6. The molecule has 0 aromatic heterocycles. The molecule has 2 nitrogen and oxygen atoms in total. The Labute approximate surface area is 105 Å². The number of phenolic OH excluding ortho intramolecular Hbond substituents is 1. The van der Waals surface area contributed by atoms with Gasteiger partial charge >= 0.3 is 6.18 Å². The van der Waals surface area contributed by atoms with Crippen LogP contribution in [0.3, 0.4) is 0 Å². The van der Waals surface area contributed by atoms with Crippen molar-refractivity contribution in [3.05, 3.63) is 28.2 Å². The summed E-state index contributed by atoms with van der Waals surface area (Å²) in [4.78, 5) is 1.67. The lowest BCUT2D eigenvalue weighted by Gasteiger charge is -2.40. The van der Waals surface area contributed by atoms with E-state index in [1.54, 1.807) is 17.0 Å². The number of nitrogens with zero attached hydrogens (tertiary/aromatic N) is 1. The lowest BCUT2D eigenvalue weighted by molar-refractivity contribution is -0.210. The Kier molecular flexibility index (Phi) is 3.36. The summed E-state index contributed by atoms with van der Waals surface area (Å²) < 4.78 is 37.6. The van der Waals surface area contributed by atoms with E-state index in [0.29, 0.717) is 12.1 Å². The van der Waals surface area contributed by atoms with Gasteiger partial charge in [-0.15, -0.1) is 0 Å². The van der Waals surface area contributed by atoms with Crippen LogP contribution in [0.5, 0.6) is 5.75 Å². The van der Waals surface area contributed by atoms with Crippen LogP contribution >= 0.6 is 15.9 Å². The molecule has 94 valence electrons. The molecule has 6 heteroatoms. The summed E-state index contributed by atoms with van der Waals surface area (Å²) in [6, 6.07) is 4.93. The average molecular weight is 310 g/mol. The highest BCUT2D eigenvalue weighted by Crippen LogP contribution is 2.35. The number of hydrogen-bond acceptors (Lipinski definition) is 2. The molecule has 1 heterocycles. The zero-order valence-corrected chi connectivity index (χ0v) is 10.4. The maximum atomic E-state index is 12.3. The third-order valence-electron chi connectivity index (χ3n) is 2.86. The second kappa shape index (κ2) is 4.49. The molecule has 1 aliphatic rings. The SMILES string of the molecule is Oc1ccc(Br)cc1CN1CC(C(F)(F)F)C1. The van der Waals surface area contributed by atoms with Gasteiger partial charge in [0, 0.05) is 29.7 Å². The first kappa shape index (κ1) is 12.7. The first-order valence-electron chi connectivity index (χ1n) is 5.12. The van der Waals surface area contributed by atoms with E-state index in [1.807, 2.05) is 0 Å². The first-order valence-corrected chi connectivity index (χ1v) is 5.92. The van der Waals surface area contributed by atoms with Crippen LogP contribution in [0.1, 0.15) is 5.56 Å². The molecule has 1 fully saturated rings. The molecule has 1 aromatic rings. The van der Waals surface area contributed by atoms with Crippen molar-refractivity contribution in [2.75, 3.05) is 13.1 Å². The average Bonchev–Trinajstić information content (AvgIpc) is 2.14. The lowest BCUT2D eigenvalue weighted by Crippen LogP contribution is -2.52. The summed E-state index contributed by atoms with van der Waals surface area (Å²) in [5, 5.41) is 9.56. The van der Waals surface area contributed by atoms with E-state index in [1.165, 1.54) is 6.07 Å². The first-order chi connectivity index (χ1) is 7.86. The predicted molar refractivity (Wildman–Crippen MR) is 60.6 cm³/mol. The van der Waals surface area contributed by atoms with Crippen molar-refractivity contribution < 1.29 is 18.3 Å². The van der Waals surface area contributed by atoms with E-state index in [4.69, 9.17) is 0 Å². The summed E-state index contributed by atoms with van der Waals surface area (Å²) >= 11 is 3.26. The van der Waals surface area contributed by atoms with Crippen LogP contribution in [0, 0.1) is 5.92 Å². The van der Waals surface area contributed by atoms with Gasteiger partial charge in [-0.3, -0.25) is 4.90 Å². The number of alkyl halides is 3. The van der Waals surface area contributed by atoms with Gasteiger partial charge in [0.05, 0.1) is 5.92 Å². The van der Waals surface area contributed by atoms with Gasteiger partial charge in [-0.05, 0) is 18.2 Å². The predicted octanol–water partition coefficient (Wildman–Crippen LogP) is 3.15. The van der Waals surface area contributed by atoms with Crippen molar-refractivity contribution in [3.63, 3.8) is 0 Å². The van der Waals surface area contributed by atoms with Crippen molar-refractivity contribution in [3.8, 4) is 5.75 Å². The summed E-state index contributed by atoms with van der Waals surface area (Å²) in [7, 11) is 0. The molecule has 0 amide bonds. The van der Waals surface area contributed by atoms with Crippen molar-refractivity contribution in [2.24, 2.45) is 5.92 Å². The second-order valence-corrected chi connectivity index (χ2v) is 5.12. The molecule has 1 N–H and O–H groups in total. The van der Waals surface area contributed by atoms with Gasteiger partial charge in [-0.1, -0.05) is 15.9 Å². The van der Waals surface area contributed by atoms with Crippen LogP contribution in [-0.4, -0.2) is 29.3 Å². The van der Waals surface area contributed by atoms with Crippen LogP contribution < -0.4 is 0 Å². The van der Waals surface area contributed by atoms with E-state index in [2.05, 4.69) is 15.9 Å². The molecule has 0 unspecified atom stereocenters. The van der Waals surface area contributed by atoms with Crippen molar-refractivity contribution in [1.82, 2.24) is 4.90 Å². The number of hydrogen-bond donors (Lipinski definition) is 1. The van der Waals surface area contributed by atoms with Crippen LogP contribution in [0.4, 0.5) is 13.2 Å². The van der Waals surface area contributed by atoms with Crippen molar-refractivity contribution in [1.29, 1.82) is 0 Å². The van der Waals surface area contributed by atoms with Crippen LogP contribution in [0.15, 0.2) is 22.7 Å². The highest BCUT2D eigenvalue weighted by molar-refractivity contribution is 9.10. The minimum absolute atomic E-state index is 0.00938. The maximum Gasteiger partial charge on any atom is 0.394 e. The Morgan fingerprint density at radius 1 is 1.35 bits per heavy atom. The molecule has 1 saturated heterocycles. The van der Waals surface area contributed by atoms with Crippen LogP contribution in [-0.2, 0) is 6.54 Å². The minimum atomic E-state index is -4.10. The third-order valence-corrected chi connectivity index (χ3v) is 3.35. The Morgan fingerprint density at radius 2 is 2.00 bits per heavy atom. The van der Waals surface area contributed by atoms with Gasteiger partial charge in [0.1, 0.15) is 5.75 Å². The van der Waals surface area contributed by atoms with Gasteiger partial charge in [-0.25, -0.2) is 0 Å². The molecule has 17 heavy (non-hydrogen) atoms. The second-order valence-electron chi connectivity index (χ2n) is 4.21. The summed E-state index contributed by atoms with van der Waals surface area (Å²) in [5.41, 5.74) is 0.639. The van der Waals surface area contributed by atoms with E-state index < -0.39 is 12.1 Å². The Balaban J connectivity index is 1.94. The number of benzene rings is 1. The fraction of sp³-hybridized carbons (Fsp3) is 0.455. The van der Waals surface area contributed by atoms with Gasteiger partial charge in [0.2, 0.25) is 0 Å². The Hall–Kier alpha value is -0.750. The van der Waals surface area contributed by atoms with Crippen LogP contribution in [0.25, 0.3) is 0 Å².